The molecule has 0 aliphatic carbocycles. The topological polar surface area (TPSA) is 87.7 Å². The van der Waals surface area contributed by atoms with Gasteiger partial charge in [-0.05, 0) is 30.3 Å². The Kier molecular flexibility index (Phi) is 4.70. The van der Waals surface area contributed by atoms with Crippen LogP contribution in [0, 0.1) is 0 Å². The van der Waals surface area contributed by atoms with E-state index in [1.807, 2.05) is 24.3 Å². The van der Waals surface area contributed by atoms with Gasteiger partial charge in [0.15, 0.2) is 0 Å². The van der Waals surface area contributed by atoms with E-state index in [9.17, 15) is 9.59 Å². The van der Waals surface area contributed by atoms with Gasteiger partial charge in [0, 0.05) is 22.0 Å². The number of amides is 1. The van der Waals surface area contributed by atoms with E-state index in [4.69, 9.17) is 11.6 Å². The first-order valence-electron chi connectivity index (χ1n) is 8.08. The molecule has 2 N–H and O–H groups in total. The van der Waals surface area contributed by atoms with Gasteiger partial charge in [0.1, 0.15) is 5.69 Å². The van der Waals surface area contributed by atoms with Crippen molar-refractivity contribution in [3.63, 3.8) is 0 Å². The molecule has 0 saturated heterocycles. The molecule has 27 heavy (non-hydrogen) atoms. The molecule has 0 radical (unpaired) electrons. The van der Waals surface area contributed by atoms with E-state index in [0.29, 0.717) is 26.5 Å². The largest absolute Gasteiger partial charge is 0.345 e. The number of nitrogens with one attached hydrogen (secondary N) is 2. The molecule has 0 atom stereocenters. The summed E-state index contributed by atoms with van der Waals surface area (Å²) >= 11 is 7.40. The van der Waals surface area contributed by atoms with Gasteiger partial charge in [-0.2, -0.15) is 5.10 Å². The SMILES string of the molecule is O=C(NCc1n[nH]c(=O)c2ccccc12)c1ccc(-c2ccc(Cl)s2)cn1. The van der Waals surface area contributed by atoms with Crippen LogP contribution in [-0.2, 0) is 6.54 Å². The number of carbonyl (C=O) groups excluding carboxylic acids is 1. The van der Waals surface area contributed by atoms with E-state index in [1.54, 1.807) is 30.5 Å². The molecule has 134 valence electrons. The fourth-order valence-electron chi connectivity index (χ4n) is 2.70. The summed E-state index contributed by atoms with van der Waals surface area (Å²) in [6, 6.07) is 14.4. The highest BCUT2D eigenvalue weighted by Crippen LogP contribution is 2.30. The molecule has 4 aromatic rings. The molecule has 0 fully saturated rings. The zero-order valence-electron chi connectivity index (χ0n) is 13.9. The molecule has 0 spiro atoms. The number of nitrogens with zero attached hydrogens (tertiary/aromatic N) is 2. The summed E-state index contributed by atoms with van der Waals surface area (Å²) < 4.78 is 0.701. The van der Waals surface area contributed by atoms with Crippen molar-refractivity contribution in [3.05, 3.63) is 80.8 Å². The van der Waals surface area contributed by atoms with Crippen LogP contribution in [0.5, 0.6) is 0 Å². The van der Waals surface area contributed by atoms with Gasteiger partial charge in [-0.15, -0.1) is 11.3 Å². The van der Waals surface area contributed by atoms with Crippen LogP contribution in [0.4, 0.5) is 0 Å². The summed E-state index contributed by atoms with van der Waals surface area (Å²) in [5.74, 6) is -0.317. The molecule has 8 heteroatoms. The summed E-state index contributed by atoms with van der Waals surface area (Å²) in [7, 11) is 0. The Balaban J connectivity index is 1.50. The zero-order chi connectivity index (χ0) is 18.8. The number of fused-ring (bicyclic) bond motifs is 1. The van der Waals surface area contributed by atoms with Crippen LogP contribution in [0.1, 0.15) is 16.2 Å². The maximum Gasteiger partial charge on any atom is 0.272 e. The summed E-state index contributed by atoms with van der Waals surface area (Å²) in [4.78, 5) is 29.4. The van der Waals surface area contributed by atoms with E-state index < -0.39 is 0 Å². The van der Waals surface area contributed by atoms with Crippen LogP contribution >= 0.6 is 22.9 Å². The van der Waals surface area contributed by atoms with Crippen molar-refractivity contribution in [2.24, 2.45) is 0 Å². The third-order valence-corrected chi connectivity index (χ3v) is 5.33. The quantitative estimate of drug-likeness (QED) is 0.551. The van der Waals surface area contributed by atoms with Crippen molar-refractivity contribution < 1.29 is 4.79 Å². The third-order valence-electron chi connectivity index (χ3n) is 4.05. The second-order valence-electron chi connectivity index (χ2n) is 5.76. The molecule has 0 aliphatic heterocycles. The molecule has 3 aromatic heterocycles. The standard InChI is InChI=1S/C19H13ClN4O2S/c20-17-8-7-16(27-17)11-5-6-14(21-9-11)19(26)22-10-15-12-3-1-2-4-13(12)18(25)24-23-15/h1-9H,10H2,(H,22,26)(H,24,25). The van der Waals surface area contributed by atoms with Crippen molar-refractivity contribution in [1.29, 1.82) is 0 Å². The van der Waals surface area contributed by atoms with Crippen molar-refractivity contribution >= 4 is 39.6 Å². The molecule has 1 aromatic carbocycles. The Morgan fingerprint density at radius 3 is 2.63 bits per heavy atom. The second kappa shape index (κ2) is 7.30. The molecular weight excluding hydrogens is 384 g/mol. The number of pyridine rings is 1. The third kappa shape index (κ3) is 3.60. The summed E-state index contributed by atoms with van der Waals surface area (Å²) in [6.45, 7) is 0.181. The lowest BCUT2D eigenvalue weighted by molar-refractivity contribution is 0.0945. The lowest BCUT2D eigenvalue weighted by Crippen LogP contribution is -2.25. The number of aromatic amines is 1. The van der Waals surface area contributed by atoms with Crippen LogP contribution in [0.3, 0.4) is 0 Å². The number of H-pyrrole nitrogens is 1. The minimum atomic E-state index is -0.317. The number of carbonyl (C=O) groups is 1. The monoisotopic (exact) mass is 396 g/mol. The smallest absolute Gasteiger partial charge is 0.272 e. The number of hydrogen-bond donors (Lipinski definition) is 2. The fraction of sp³-hybridized carbons (Fsp3) is 0.0526. The maximum atomic E-state index is 12.4. The molecule has 3 heterocycles. The number of hydrogen-bond acceptors (Lipinski definition) is 5. The highest BCUT2D eigenvalue weighted by Gasteiger charge is 2.11. The van der Waals surface area contributed by atoms with Crippen molar-refractivity contribution in [2.75, 3.05) is 0 Å². The van der Waals surface area contributed by atoms with Gasteiger partial charge >= 0.3 is 0 Å². The Morgan fingerprint density at radius 1 is 1.11 bits per heavy atom. The van der Waals surface area contributed by atoms with Crippen molar-refractivity contribution in [1.82, 2.24) is 20.5 Å². The van der Waals surface area contributed by atoms with Gasteiger partial charge < -0.3 is 5.32 Å². The highest BCUT2D eigenvalue weighted by atomic mass is 35.5. The molecule has 4 rings (SSSR count). The Hall–Kier alpha value is -3.03. The molecule has 0 bridgehead atoms. The highest BCUT2D eigenvalue weighted by molar-refractivity contribution is 7.19. The lowest BCUT2D eigenvalue weighted by atomic mass is 10.1. The molecule has 0 saturated carbocycles. The number of thiophene rings is 1. The van der Waals surface area contributed by atoms with Crippen LogP contribution in [0.15, 0.2) is 59.5 Å². The lowest BCUT2D eigenvalue weighted by Gasteiger charge is -2.07. The van der Waals surface area contributed by atoms with Crippen molar-refractivity contribution in [3.8, 4) is 10.4 Å². The number of aromatic nitrogens is 3. The van der Waals surface area contributed by atoms with Gasteiger partial charge in [-0.25, -0.2) is 5.10 Å². The van der Waals surface area contributed by atoms with Crippen LogP contribution in [0.25, 0.3) is 21.2 Å². The van der Waals surface area contributed by atoms with Gasteiger partial charge in [0.25, 0.3) is 11.5 Å². The van der Waals surface area contributed by atoms with E-state index >= 15 is 0 Å². The predicted octanol–water partition coefficient (Wildman–Crippen LogP) is 3.63. The van der Waals surface area contributed by atoms with Gasteiger partial charge in [0.2, 0.25) is 0 Å². The van der Waals surface area contributed by atoms with Crippen LogP contribution in [0.2, 0.25) is 4.34 Å². The average Bonchev–Trinajstić information content (AvgIpc) is 3.14. The first-order valence-corrected chi connectivity index (χ1v) is 9.27. The van der Waals surface area contributed by atoms with E-state index in [2.05, 4.69) is 20.5 Å². The predicted molar refractivity (Wildman–Crippen MR) is 106 cm³/mol. The maximum absolute atomic E-state index is 12.4. The van der Waals surface area contributed by atoms with Gasteiger partial charge in [-0.1, -0.05) is 29.8 Å². The summed E-state index contributed by atoms with van der Waals surface area (Å²) in [5, 5.41) is 10.5. The summed E-state index contributed by atoms with van der Waals surface area (Å²) in [5.41, 5.74) is 1.53. The fourth-order valence-corrected chi connectivity index (χ4v) is 3.74. The molecule has 6 nitrogen and oxygen atoms in total. The Bertz CT molecular complexity index is 1180. The molecular formula is C19H13ClN4O2S. The molecule has 1 amide bonds. The second-order valence-corrected chi connectivity index (χ2v) is 7.48. The zero-order valence-corrected chi connectivity index (χ0v) is 15.5. The first-order chi connectivity index (χ1) is 13.1. The number of benzene rings is 1. The average molecular weight is 397 g/mol. The first kappa shape index (κ1) is 17.4. The van der Waals surface area contributed by atoms with Crippen LogP contribution < -0.4 is 10.9 Å². The van der Waals surface area contributed by atoms with E-state index in [1.165, 1.54) is 11.3 Å². The normalized spacial score (nSPS) is 10.9. The molecule has 0 unspecified atom stereocenters. The van der Waals surface area contributed by atoms with E-state index in [-0.39, 0.29) is 18.0 Å². The number of rotatable bonds is 4. The summed E-state index contributed by atoms with van der Waals surface area (Å²) in [6.07, 6.45) is 1.64. The Morgan fingerprint density at radius 2 is 1.93 bits per heavy atom. The van der Waals surface area contributed by atoms with E-state index in [0.717, 1.165) is 10.4 Å². The molecule has 0 aliphatic rings. The minimum absolute atomic E-state index is 0.181. The number of halogens is 1. The van der Waals surface area contributed by atoms with Gasteiger partial charge in [-0.3, -0.25) is 14.6 Å². The van der Waals surface area contributed by atoms with Crippen LogP contribution in [-0.4, -0.2) is 21.1 Å². The van der Waals surface area contributed by atoms with Gasteiger partial charge in [0.05, 0.1) is 22.0 Å². The van der Waals surface area contributed by atoms with Crippen molar-refractivity contribution in [2.45, 2.75) is 6.54 Å². The Labute approximate surface area is 162 Å². The minimum Gasteiger partial charge on any atom is -0.345 e.